The van der Waals surface area contributed by atoms with Gasteiger partial charge in [0.25, 0.3) is 0 Å². The molecule has 1 saturated carbocycles. The first-order valence-electron chi connectivity index (χ1n) is 6.45. The molecule has 0 heterocycles. The van der Waals surface area contributed by atoms with Gasteiger partial charge in [-0.05, 0) is 43.5 Å². The van der Waals surface area contributed by atoms with Crippen LogP contribution in [0.2, 0.25) is 5.02 Å². The number of benzene rings is 1. The molecule has 1 aliphatic rings. The van der Waals surface area contributed by atoms with Crippen LogP contribution >= 0.6 is 23.4 Å². The van der Waals surface area contributed by atoms with Gasteiger partial charge in [0.2, 0.25) is 0 Å². The second-order valence-corrected chi connectivity index (χ2v) is 6.43. The van der Waals surface area contributed by atoms with Crippen LogP contribution in [0.5, 0.6) is 0 Å². The molecule has 0 radical (unpaired) electrons. The Hall–Kier alpha value is -0.180. The Bertz CT molecular complexity index is 361. The van der Waals surface area contributed by atoms with Gasteiger partial charge in [0, 0.05) is 10.1 Å². The molecule has 1 fully saturated rings. The minimum Gasteiger partial charge on any atom is -0.330 e. The quantitative estimate of drug-likeness (QED) is 0.884. The van der Waals surface area contributed by atoms with Crippen molar-refractivity contribution >= 4 is 23.4 Å². The van der Waals surface area contributed by atoms with Crippen LogP contribution in [0.3, 0.4) is 0 Å². The van der Waals surface area contributed by atoms with Gasteiger partial charge in [-0.2, -0.15) is 0 Å². The summed E-state index contributed by atoms with van der Waals surface area (Å²) in [7, 11) is 0. The molecule has 2 N–H and O–H groups in total. The third kappa shape index (κ3) is 3.90. The molecule has 0 aliphatic heterocycles. The molecule has 1 nitrogen and oxygen atoms in total. The molecular weight excluding hydrogens is 250 g/mol. The van der Waals surface area contributed by atoms with Crippen molar-refractivity contribution < 1.29 is 0 Å². The number of nitrogens with two attached hydrogens (primary N) is 1. The molecular formula is C14H20ClNS. The third-order valence-electron chi connectivity index (χ3n) is 3.28. The zero-order chi connectivity index (χ0) is 12.1. The van der Waals surface area contributed by atoms with Crippen molar-refractivity contribution in [3.05, 3.63) is 28.8 Å². The highest BCUT2D eigenvalue weighted by Gasteiger charge is 2.15. The summed E-state index contributed by atoms with van der Waals surface area (Å²) in [6.45, 7) is 0.686. The van der Waals surface area contributed by atoms with Crippen LogP contribution in [0.1, 0.15) is 37.7 Å². The van der Waals surface area contributed by atoms with Crippen molar-refractivity contribution in [3.8, 4) is 0 Å². The van der Waals surface area contributed by atoms with E-state index in [0.29, 0.717) is 6.54 Å². The zero-order valence-electron chi connectivity index (χ0n) is 10.1. The summed E-state index contributed by atoms with van der Waals surface area (Å²) >= 11 is 8.28. The molecule has 94 valence electrons. The molecule has 2 rings (SSSR count). The lowest BCUT2D eigenvalue weighted by molar-refractivity contribution is 0.516. The van der Waals surface area contributed by atoms with Crippen molar-refractivity contribution in [2.24, 2.45) is 5.73 Å². The van der Waals surface area contributed by atoms with E-state index in [-0.39, 0.29) is 0 Å². The van der Waals surface area contributed by atoms with Crippen LogP contribution in [0, 0.1) is 0 Å². The Morgan fingerprint density at radius 2 is 2.00 bits per heavy atom. The maximum atomic E-state index is 6.32. The summed E-state index contributed by atoms with van der Waals surface area (Å²) in [6, 6.07) is 6.38. The van der Waals surface area contributed by atoms with Crippen LogP contribution in [-0.2, 0) is 6.42 Å². The van der Waals surface area contributed by atoms with Crippen LogP contribution in [-0.4, -0.2) is 11.8 Å². The Labute approximate surface area is 113 Å². The molecule has 0 atom stereocenters. The van der Waals surface area contributed by atoms with Gasteiger partial charge in [-0.15, -0.1) is 11.8 Å². The van der Waals surface area contributed by atoms with Crippen LogP contribution in [0.15, 0.2) is 23.1 Å². The number of rotatable bonds is 4. The zero-order valence-corrected chi connectivity index (χ0v) is 11.7. The normalized spacial score (nSPS) is 17.3. The van der Waals surface area contributed by atoms with Crippen LogP contribution in [0.25, 0.3) is 0 Å². The molecule has 0 bridgehead atoms. The minimum atomic E-state index is 0.686. The highest BCUT2D eigenvalue weighted by Crippen LogP contribution is 2.37. The van der Waals surface area contributed by atoms with Crippen LogP contribution < -0.4 is 5.73 Å². The van der Waals surface area contributed by atoms with Crippen molar-refractivity contribution in [2.75, 3.05) is 6.54 Å². The molecule has 0 unspecified atom stereocenters. The first-order valence-corrected chi connectivity index (χ1v) is 7.70. The largest absolute Gasteiger partial charge is 0.330 e. The van der Waals surface area contributed by atoms with Gasteiger partial charge < -0.3 is 5.73 Å². The molecule has 3 heteroatoms. The Kier molecular flexibility index (Phi) is 5.20. The molecule has 1 aliphatic carbocycles. The van der Waals surface area contributed by atoms with Gasteiger partial charge in [0.15, 0.2) is 0 Å². The minimum absolute atomic E-state index is 0.686. The monoisotopic (exact) mass is 269 g/mol. The third-order valence-corrected chi connectivity index (χ3v) is 5.11. The molecule has 0 aromatic heterocycles. The van der Waals surface area contributed by atoms with E-state index in [1.807, 2.05) is 11.8 Å². The lowest BCUT2D eigenvalue weighted by Crippen LogP contribution is -2.07. The number of thioether (sulfide) groups is 1. The van der Waals surface area contributed by atoms with Gasteiger partial charge >= 0.3 is 0 Å². The van der Waals surface area contributed by atoms with E-state index in [4.69, 9.17) is 17.3 Å². The fourth-order valence-electron chi connectivity index (χ4n) is 2.32. The van der Waals surface area contributed by atoms with Gasteiger partial charge in [-0.3, -0.25) is 0 Å². The van der Waals surface area contributed by atoms with Crippen molar-refractivity contribution in [1.82, 2.24) is 0 Å². The lowest BCUT2D eigenvalue weighted by atomic mass is 10.0. The number of hydrogen-bond donors (Lipinski definition) is 1. The first-order chi connectivity index (χ1) is 8.29. The summed E-state index contributed by atoms with van der Waals surface area (Å²) in [6.07, 6.45) is 7.74. The van der Waals surface area contributed by atoms with E-state index < -0.39 is 0 Å². The van der Waals surface area contributed by atoms with E-state index in [1.165, 1.54) is 42.6 Å². The Morgan fingerprint density at radius 1 is 1.24 bits per heavy atom. The Morgan fingerprint density at radius 3 is 2.65 bits per heavy atom. The molecule has 0 spiro atoms. The van der Waals surface area contributed by atoms with E-state index >= 15 is 0 Å². The summed E-state index contributed by atoms with van der Waals surface area (Å²) in [4.78, 5) is 1.24. The topological polar surface area (TPSA) is 26.0 Å². The summed E-state index contributed by atoms with van der Waals surface area (Å²) < 4.78 is 0. The summed E-state index contributed by atoms with van der Waals surface area (Å²) in [5.41, 5.74) is 6.79. The fraction of sp³-hybridized carbons (Fsp3) is 0.571. The van der Waals surface area contributed by atoms with Gasteiger partial charge in [-0.1, -0.05) is 36.9 Å². The van der Waals surface area contributed by atoms with E-state index in [9.17, 15) is 0 Å². The van der Waals surface area contributed by atoms with Crippen molar-refractivity contribution in [3.63, 3.8) is 0 Å². The Balaban J connectivity index is 2.00. The summed E-state index contributed by atoms with van der Waals surface area (Å²) in [5.74, 6) is 0. The van der Waals surface area contributed by atoms with E-state index in [2.05, 4.69) is 18.2 Å². The standard InChI is InChI=1S/C14H20ClNS/c15-13-10-11(8-9-16)6-7-14(13)17-12-4-2-1-3-5-12/h6-7,10,12H,1-5,8-9,16H2. The predicted octanol–water partition coefficient (Wildman–Crippen LogP) is 4.27. The van der Waals surface area contributed by atoms with Crippen LogP contribution in [0.4, 0.5) is 0 Å². The van der Waals surface area contributed by atoms with Crippen molar-refractivity contribution in [2.45, 2.75) is 48.7 Å². The molecule has 1 aromatic rings. The highest BCUT2D eigenvalue weighted by molar-refractivity contribution is 8.00. The summed E-state index contributed by atoms with van der Waals surface area (Å²) in [5, 5.41) is 1.66. The average Bonchev–Trinajstić information content (AvgIpc) is 2.34. The highest BCUT2D eigenvalue weighted by atomic mass is 35.5. The number of halogens is 1. The molecule has 1 aromatic carbocycles. The van der Waals surface area contributed by atoms with E-state index in [1.54, 1.807) is 0 Å². The maximum Gasteiger partial charge on any atom is 0.0544 e. The SMILES string of the molecule is NCCc1ccc(SC2CCCCC2)c(Cl)c1. The maximum absolute atomic E-state index is 6.32. The second-order valence-electron chi connectivity index (χ2n) is 4.68. The lowest BCUT2D eigenvalue weighted by Gasteiger charge is -2.21. The van der Waals surface area contributed by atoms with E-state index in [0.717, 1.165) is 16.7 Å². The molecule has 0 amide bonds. The fourth-order valence-corrected chi connectivity index (χ4v) is 3.91. The molecule has 0 saturated heterocycles. The van der Waals surface area contributed by atoms with Gasteiger partial charge in [-0.25, -0.2) is 0 Å². The van der Waals surface area contributed by atoms with Crippen molar-refractivity contribution in [1.29, 1.82) is 0 Å². The first kappa shape index (κ1) is 13.3. The predicted molar refractivity (Wildman–Crippen MR) is 76.9 cm³/mol. The second kappa shape index (κ2) is 6.67. The van der Waals surface area contributed by atoms with Gasteiger partial charge in [0.05, 0.1) is 5.02 Å². The average molecular weight is 270 g/mol. The molecule has 17 heavy (non-hydrogen) atoms. The number of hydrogen-bond acceptors (Lipinski definition) is 2. The van der Waals surface area contributed by atoms with Gasteiger partial charge in [0.1, 0.15) is 0 Å². The smallest absolute Gasteiger partial charge is 0.0544 e.